The van der Waals surface area contributed by atoms with Crippen LogP contribution in [0, 0.1) is 6.92 Å². The zero-order chi connectivity index (χ0) is 14.5. The van der Waals surface area contributed by atoms with Crippen molar-refractivity contribution in [2.45, 2.75) is 32.7 Å². The van der Waals surface area contributed by atoms with E-state index in [9.17, 15) is 0 Å². The maximum atomic E-state index is 3.54. The zero-order valence-electron chi connectivity index (χ0n) is 12.4. The summed E-state index contributed by atoms with van der Waals surface area (Å²) in [4.78, 5) is 0. The van der Waals surface area contributed by atoms with Crippen molar-refractivity contribution < 1.29 is 0 Å². The van der Waals surface area contributed by atoms with Crippen molar-refractivity contribution >= 4 is 15.9 Å². The number of benzene rings is 2. The van der Waals surface area contributed by atoms with E-state index in [0.717, 1.165) is 10.9 Å². The minimum Gasteiger partial charge on any atom is -0.309 e. The van der Waals surface area contributed by atoms with Gasteiger partial charge in [-0.15, -0.1) is 0 Å². The molecular formula is C18H22BrN. The Balaban J connectivity index is 2.38. The van der Waals surface area contributed by atoms with Crippen LogP contribution in [0.3, 0.4) is 0 Å². The van der Waals surface area contributed by atoms with Crippen molar-refractivity contribution in [1.29, 1.82) is 0 Å². The molecule has 0 aliphatic carbocycles. The molecule has 0 amide bonds. The lowest BCUT2D eigenvalue weighted by Gasteiger charge is -2.20. The molecule has 0 aromatic heterocycles. The van der Waals surface area contributed by atoms with Crippen LogP contribution in [0.25, 0.3) is 0 Å². The third kappa shape index (κ3) is 3.50. The summed E-state index contributed by atoms with van der Waals surface area (Å²) in [6.45, 7) is 4.39. The average Bonchev–Trinajstić information content (AvgIpc) is 2.43. The lowest BCUT2D eigenvalue weighted by Crippen LogP contribution is -2.18. The summed E-state index contributed by atoms with van der Waals surface area (Å²) in [5.41, 5.74) is 5.40. The Kier molecular flexibility index (Phi) is 5.38. The van der Waals surface area contributed by atoms with E-state index in [1.165, 1.54) is 28.7 Å². The number of aryl methyl sites for hydroxylation is 2. The van der Waals surface area contributed by atoms with Gasteiger partial charge in [0, 0.05) is 4.47 Å². The van der Waals surface area contributed by atoms with Gasteiger partial charge in [-0.05, 0) is 54.8 Å². The van der Waals surface area contributed by atoms with Gasteiger partial charge in [-0.2, -0.15) is 0 Å². The van der Waals surface area contributed by atoms with Crippen LogP contribution >= 0.6 is 15.9 Å². The summed E-state index contributed by atoms with van der Waals surface area (Å²) in [6.07, 6.45) is 2.33. The second-order valence-electron chi connectivity index (χ2n) is 5.22. The highest BCUT2D eigenvalue weighted by Gasteiger charge is 2.14. The lowest BCUT2D eigenvalue weighted by atomic mass is 9.93. The third-order valence-corrected chi connectivity index (χ3v) is 4.15. The summed E-state index contributed by atoms with van der Waals surface area (Å²) in [5.74, 6) is 0. The standard InChI is InChI=1S/C18H22BrN/c1-4-6-14-7-5-8-15(12-14)18(20-3)17-10-9-16(19)11-13(17)2/h5,7-12,18,20H,4,6H2,1-3H3. The van der Waals surface area contributed by atoms with Gasteiger partial charge in [0.2, 0.25) is 0 Å². The average molecular weight is 332 g/mol. The van der Waals surface area contributed by atoms with Crippen molar-refractivity contribution in [2.24, 2.45) is 0 Å². The molecule has 0 bridgehead atoms. The molecule has 0 radical (unpaired) electrons. The summed E-state index contributed by atoms with van der Waals surface area (Å²) >= 11 is 3.54. The SMILES string of the molecule is CCCc1cccc(C(NC)c2ccc(Br)cc2C)c1. The van der Waals surface area contributed by atoms with Crippen LogP contribution in [0.4, 0.5) is 0 Å². The van der Waals surface area contributed by atoms with Gasteiger partial charge < -0.3 is 5.32 Å². The number of nitrogens with one attached hydrogen (secondary N) is 1. The van der Waals surface area contributed by atoms with Crippen LogP contribution in [0.2, 0.25) is 0 Å². The predicted octanol–water partition coefficient (Wildman–Crippen LogP) is 5.02. The molecule has 0 saturated heterocycles. The topological polar surface area (TPSA) is 12.0 Å². The molecule has 2 rings (SSSR count). The predicted molar refractivity (Wildman–Crippen MR) is 90.2 cm³/mol. The van der Waals surface area contributed by atoms with Gasteiger partial charge in [0.1, 0.15) is 0 Å². The Hall–Kier alpha value is -1.12. The van der Waals surface area contributed by atoms with E-state index in [2.05, 4.69) is 77.6 Å². The summed E-state index contributed by atoms with van der Waals surface area (Å²) in [6, 6.07) is 15.7. The fourth-order valence-corrected chi connectivity index (χ4v) is 3.16. The first kappa shape index (κ1) is 15.3. The number of hydrogen-bond donors (Lipinski definition) is 1. The molecule has 1 unspecified atom stereocenters. The molecule has 0 heterocycles. The van der Waals surface area contributed by atoms with Crippen LogP contribution < -0.4 is 5.32 Å². The van der Waals surface area contributed by atoms with Crippen LogP contribution in [0.5, 0.6) is 0 Å². The summed E-state index contributed by atoms with van der Waals surface area (Å²) < 4.78 is 1.13. The smallest absolute Gasteiger partial charge is 0.0577 e. The first-order valence-electron chi connectivity index (χ1n) is 7.18. The van der Waals surface area contributed by atoms with E-state index < -0.39 is 0 Å². The van der Waals surface area contributed by atoms with Crippen LogP contribution in [0.1, 0.15) is 41.6 Å². The highest BCUT2D eigenvalue weighted by Crippen LogP contribution is 2.27. The number of rotatable bonds is 5. The molecule has 0 aliphatic heterocycles. The molecule has 2 aromatic carbocycles. The maximum absolute atomic E-state index is 3.54. The molecule has 0 spiro atoms. The molecular weight excluding hydrogens is 310 g/mol. The number of halogens is 1. The minimum atomic E-state index is 0.250. The van der Waals surface area contributed by atoms with Crippen molar-refractivity contribution in [2.75, 3.05) is 7.05 Å². The summed E-state index contributed by atoms with van der Waals surface area (Å²) in [7, 11) is 2.03. The van der Waals surface area contributed by atoms with Crippen molar-refractivity contribution in [3.8, 4) is 0 Å². The molecule has 106 valence electrons. The Morgan fingerprint density at radius 3 is 2.60 bits per heavy atom. The second kappa shape index (κ2) is 7.05. The first-order valence-corrected chi connectivity index (χ1v) is 7.97. The van der Waals surface area contributed by atoms with E-state index in [-0.39, 0.29) is 6.04 Å². The quantitative estimate of drug-likeness (QED) is 0.811. The van der Waals surface area contributed by atoms with Gasteiger partial charge in [-0.1, -0.05) is 59.6 Å². The largest absolute Gasteiger partial charge is 0.309 e. The molecule has 1 atom stereocenters. The molecule has 2 aromatic rings. The molecule has 2 heteroatoms. The van der Waals surface area contributed by atoms with Gasteiger partial charge >= 0.3 is 0 Å². The molecule has 0 saturated carbocycles. The molecule has 1 nitrogen and oxygen atoms in total. The van der Waals surface area contributed by atoms with E-state index >= 15 is 0 Å². The third-order valence-electron chi connectivity index (χ3n) is 3.65. The van der Waals surface area contributed by atoms with E-state index in [0.29, 0.717) is 0 Å². The van der Waals surface area contributed by atoms with E-state index in [1.54, 1.807) is 0 Å². The van der Waals surface area contributed by atoms with Crippen LogP contribution in [-0.4, -0.2) is 7.05 Å². The molecule has 0 fully saturated rings. The summed E-state index contributed by atoms with van der Waals surface area (Å²) in [5, 5.41) is 3.45. The van der Waals surface area contributed by atoms with Gasteiger partial charge in [0.25, 0.3) is 0 Å². The normalized spacial score (nSPS) is 12.4. The van der Waals surface area contributed by atoms with Crippen molar-refractivity contribution in [3.05, 3.63) is 69.2 Å². The Labute approximate surface area is 130 Å². The van der Waals surface area contributed by atoms with Gasteiger partial charge in [0.05, 0.1) is 6.04 Å². The lowest BCUT2D eigenvalue weighted by molar-refractivity contribution is 0.686. The second-order valence-corrected chi connectivity index (χ2v) is 6.13. The molecule has 20 heavy (non-hydrogen) atoms. The number of hydrogen-bond acceptors (Lipinski definition) is 1. The Morgan fingerprint density at radius 2 is 1.95 bits per heavy atom. The van der Waals surface area contributed by atoms with Crippen LogP contribution in [-0.2, 0) is 6.42 Å². The monoisotopic (exact) mass is 331 g/mol. The Bertz CT molecular complexity index is 577. The maximum Gasteiger partial charge on any atom is 0.0577 e. The van der Waals surface area contributed by atoms with E-state index in [4.69, 9.17) is 0 Å². The highest BCUT2D eigenvalue weighted by molar-refractivity contribution is 9.10. The molecule has 0 aliphatic rings. The zero-order valence-corrected chi connectivity index (χ0v) is 14.0. The van der Waals surface area contributed by atoms with Crippen molar-refractivity contribution in [1.82, 2.24) is 5.32 Å². The van der Waals surface area contributed by atoms with Gasteiger partial charge in [-0.3, -0.25) is 0 Å². The van der Waals surface area contributed by atoms with Crippen LogP contribution in [0.15, 0.2) is 46.9 Å². The first-order chi connectivity index (χ1) is 9.65. The fourth-order valence-electron chi connectivity index (χ4n) is 2.68. The van der Waals surface area contributed by atoms with Gasteiger partial charge in [0.15, 0.2) is 0 Å². The van der Waals surface area contributed by atoms with Gasteiger partial charge in [-0.25, -0.2) is 0 Å². The Morgan fingerprint density at radius 1 is 1.15 bits per heavy atom. The highest BCUT2D eigenvalue weighted by atomic mass is 79.9. The van der Waals surface area contributed by atoms with E-state index in [1.807, 2.05) is 7.05 Å². The minimum absolute atomic E-state index is 0.250. The van der Waals surface area contributed by atoms with Crippen molar-refractivity contribution in [3.63, 3.8) is 0 Å². The fraction of sp³-hybridized carbons (Fsp3) is 0.333. The molecule has 1 N–H and O–H groups in total.